The molecule has 1 aromatic carbocycles. The van der Waals surface area contributed by atoms with Gasteiger partial charge in [0.25, 0.3) is 0 Å². The van der Waals surface area contributed by atoms with Crippen molar-refractivity contribution in [2.45, 2.75) is 44.2 Å². The van der Waals surface area contributed by atoms with Gasteiger partial charge in [0.2, 0.25) is 5.91 Å². The molecule has 3 rings (SSSR count). The number of carbonyl (C=O) groups is 1. The molecule has 2 heterocycles. The molecular formula is C18H29Cl2N3O2. The summed E-state index contributed by atoms with van der Waals surface area (Å²) in [6.45, 7) is 4.84. The van der Waals surface area contributed by atoms with E-state index in [4.69, 9.17) is 10.5 Å². The number of amides is 1. The van der Waals surface area contributed by atoms with Gasteiger partial charge in [0.1, 0.15) is 0 Å². The molecule has 3 N–H and O–H groups in total. The summed E-state index contributed by atoms with van der Waals surface area (Å²) in [6.07, 6.45) is 3.19. The summed E-state index contributed by atoms with van der Waals surface area (Å²) < 4.78 is 5.33. The Hall–Kier alpha value is -1.01. The van der Waals surface area contributed by atoms with E-state index < -0.39 is 5.54 Å². The number of nitrogens with one attached hydrogen (secondary N) is 1. The number of hydrogen-bond donors (Lipinski definition) is 2. The highest BCUT2D eigenvalue weighted by Gasteiger charge is 2.39. The second-order valence-electron chi connectivity index (χ2n) is 6.85. The molecule has 2 saturated heterocycles. The maximum atomic E-state index is 12.7. The van der Waals surface area contributed by atoms with Crippen LogP contribution in [0.2, 0.25) is 0 Å². The number of benzene rings is 1. The zero-order chi connectivity index (χ0) is 16.3. The minimum atomic E-state index is -0.713. The highest BCUT2D eigenvalue weighted by atomic mass is 35.5. The Morgan fingerprint density at radius 2 is 1.88 bits per heavy atom. The van der Waals surface area contributed by atoms with Crippen molar-refractivity contribution in [1.82, 2.24) is 4.90 Å². The molecule has 1 amide bonds. The molecule has 2 aliphatic heterocycles. The van der Waals surface area contributed by atoms with E-state index in [1.165, 1.54) is 5.56 Å². The van der Waals surface area contributed by atoms with Crippen LogP contribution in [-0.2, 0) is 9.53 Å². The molecule has 2 aliphatic rings. The lowest BCUT2D eigenvalue weighted by molar-refractivity contribution is -0.141. The van der Waals surface area contributed by atoms with Crippen LogP contribution < -0.4 is 11.1 Å². The van der Waals surface area contributed by atoms with Crippen molar-refractivity contribution in [2.24, 2.45) is 5.73 Å². The lowest BCUT2D eigenvalue weighted by Crippen LogP contribution is -2.59. The van der Waals surface area contributed by atoms with Crippen molar-refractivity contribution in [3.63, 3.8) is 0 Å². The summed E-state index contributed by atoms with van der Waals surface area (Å²) in [7, 11) is 0. The zero-order valence-corrected chi connectivity index (χ0v) is 16.3. The Labute approximate surface area is 162 Å². The first kappa shape index (κ1) is 22.0. The topological polar surface area (TPSA) is 67.6 Å². The highest BCUT2D eigenvalue weighted by molar-refractivity contribution is 5.86. The van der Waals surface area contributed by atoms with E-state index in [0.717, 1.165) is 31.6 Å². The summed E-state index contributed by atoms with van der Waals surface area (Å²) in [6, 6.07) is 8.85. The SMILES string of the molecule is Cc1cccc(NC2CCN(C(=O)C3(N)CCOCC3)CC2)c1.Cl.Cl. The van der Waals surface area contributed by atoms with Crippen LogP contribution in [0.3, 0.4) is 0 Å². The molecule has 0 saturated carbocycles. The normalized spacial score (nSPS) is 20.2. The van der Waals surface area contributed by atoms with Gasteiger partial charge in [-0.15, -0.1) is 24.8 Å². The van der Waals surface area contributed by atoms with E-state index >= 15 is 0 Å². The Morgan fingerprint density at radius 3 is 2.48 bits per heavy atom. The molecule has 0 bridgehead atoms. The van der Waals surface area contributed by atoms with E-state index in [1.54, 1.807) is 0 Å². The predicted octanol–water partition coefficient (Wildman–Crippen LogP) is 2.75. The molecule has 0 spiro atoms. The monoisotopic (exact) mass is 389 g/mol. The lowest BCUT2D eigenvalue weighted by Gasteiger charge is -2.40. The Morgan fingerprint density at radius 1 is 1.24 bits per heavy atom. The van der Waals surface area contributed by atoms with Gasteiger partial charge in [-0.1, -0.05) is 12.1 Å². The van der Waals surface area contributed by atoms with Crippen LogP contribution in [-0.4, -0.2) is 48.7 Å². The molecule has 25 heavy (non-hydrogen) atoms. The maximum absolute atomic E-state index is 12.7. The molecule has 0 aromatic heterocycles. The minimum Gasteiger partial charge on any atom is -0.382 e. The standard InChI is InChI=1S/C18H27N3O2.2ClH/c1-14-3-2-4-16(13-14)20-15-5-9-21(10-6-15)17(22)18(19)7-11-23-12-8-18;;/h2-4,13,15,20H,5-12,19H2,1H3;2*1H. The summed E-state index contributed by atoms with van der Waals surface area (Å²) >= 11 is 0. The summed E-state index contributed by atoms with van der Waals surface area (Å²) in [4.78, 5) is 14.7. The van der Waals surface area contributed by atoms with Gasteiger partial charge in [0.05, 0.1) is 5.54 Å². The van der Waals surface area contributed by atoms with Crippen LogP contribution >= 0.6 is 24.8 Å². The number of nitrogens with zero attached hydrogens (tertiary/aromatic N) is 1. The first-order chi connectivity index (χ1) is 11.1. The van der Waals surface area contributed by atoms with Gasteiger partial charge in [0, 0.05) is 38.0 Å². The van der Waals surface area contributed by atoms with Crippen molar-refractivity contribution < 1.29 is 9.53 Å². The molecule has 0 unspecified atom stereocenters. The third-order valence-electron chi connectivity index (χ3n) is 4.98. The van der Waals surface area contributed by atoms with Crippen molar-refractivity contribution in [3.05, 3.63) is 29.8 Å². The van der Waals surface area contributed by atoms with E-state index in [1.807, 2.05) is 4.90 Å². The summed E-state index contributed by atoms with van der Waals surface area (Å²) in [5, 5.41) is 3.58. The molecule has 0 radical (unpaired) electrons. The Balaban J connectivity index is 0.00000156. The van der Waals surface area contributed by atoms with Crippen LogP contribution in [0.5, 0.6) is 0 Å². The second-order valence-corrected chi connectivity index (χ2v) is 6.85. The third kappa shape index (κ3) is 5.48. The number of nitrogens with two attached hydrogens (primary N) is 1. The van der Waals surface area contributed by atoms with Crippen LogP contribution in [0.15, 0.2) is 24.3 Å². The van der Waals surface area contributed by atoms with Gasteiger partial charge < -0.3 is 20.7 Å². The van der Waals surface area contributed by atoms with Crippen LogP contribution in [0.4, 0.5) is 5.69 Å². The molecule has 0 aliphatic carbocycles. The number of hydrogen-bond acceptors (Lipinski definition) is 4. The fourth-order valence-corrected chi connectivity index (χ4v) is 3.46. The average molecular weight is 390 g/mol. The van der Waals surface area contributed by atoms with Gasteiger partial charge in [0.15, 0.2) is 0 Å². The molecule has 7 heteroatoms. The lowest BCUT2D eigenvalue weighted by atomic mass is 9.88. The van der Waals surface area contributed by atoms with Crippen molar-refractivity contribution in [1.29, 1.82) is 0 Å². The number of rotatable bonds is 3. The average Bonchev–Trinajstić information content (AvgIpc) is 2.56. The fraction of sp³-hybridized carbons (Fsp3) is 0.611. The number of halogens is 2. The quantitative estimate of drug-likeness (QED) is 0.833. The van der Waals surface area contributed by atoms with Gasteiger partial charge in [-0.2, -0.15) is 0 Å². The summed E-state index contributed by atoms with van der Waals surface area (Å²) in [5.74, 6) is 0.106. The minimum absolute atomic E-state index is 0. The fourth-order valence-electron chi connectivity index (χ4n) is 3.46. The van der Waals surface area contributed by atoms with E-state index in [2.05, 4.69) is 36.5 Å². The Bertz CT molecular complexity index is 557. The number of carbonyl (C=O) groups excluding carboxylic acids is 1. The number of aryl methyl sites for hydroxylation is 1. The first-order valence-corrected chi connectivity index (χ1v) is 8.56. The first-order valence-electron chi connectivity index (χ1n) is 8.56. The van der Waals surface area contributed by atoms with Crippen LogP contribution in [0, 0.1) is 6.92 Å². The van der Waals surface area contributed by atoms with Crippen molar-refractivity contribution in [3.8, 4) is 0 Å². The maximum Gasteiger partial charge on any atom is 0.242 e. The molecule has 142 valence electrons. The van der Waals surface area contributed by atoms with Gasteiger partial charge in [-0.05, 0) is 50.3 Å². The number of likely N-dealkylation sites (tertiary alicyclic amines) is 1. The number of anilines is 1. The van der Waals surface area contributed by atoms with Crippen LogP contribution in [0.1, 0.15) is 31.2 Å². The van der Waals surface area contributed by atoms with E-state index in [9.17, 15) is 4.79 Å². The second kappa shape index (κ2) is 9.62. The van der Waals surface area contributed by atoms with Crippen molar-refractivity contribution >= 4 is 36.4 Å². The van der Waals surface area contributed by atoms with E-state index in [-0.39, 0.29) is 30.7 Å². The predicted molar refractivity (Wildman–Crippen MR) is 106 cm³/mol. The highest BCUT2D eigenvalue weighted by Crippen LogP contribution is 2.24. The Kier molecular flexibility index (Phi) is 8.48. The van der Waals surface area contributed by atoms with Crippen molar-refractivity contribution in [2.75, 3.05) is 31.6 Å². The molecule has 5 nitrogen and oxygen atoms in total. The zero-order valence-electron chi connectivity index (χ0n) is 14.7. The van der Waals surface area contributed by atoms with Gasteiger partial charge in [-0.3, -0.25) is 4.79 Å². The molecule has 0 atom stereocenters. The largest absolute Gasteiger partial charge is 0.382 e. The number of ether oxygens (including phenoxy) is 1. The van der Waals surface area contributed by atoms with Gasteiger partial charge in [-0.25, -0.2) is 0 Å². The van der Waals surface area contributed by atoms with Gasteiger partial charge >= 0.3 is 0 Å². The summed E-state index contributed by atoms with van der Waals surface area (Å²) in [5.41, 5.74) is 8.03. The molecular weight excluding hydrogens is 361 g/mol. The third-order valence-corrected chi connectivity index (χ3v) is 4.98. The smallest absolute Gasteiger partial charge is 0.242 e. The van der Waals surface area contributed by atoms with Crippen LogP contribution in [0.25, 0.3) is 0 Å². The molecule has 2 fully saturated rings. The number of piperidine rings is 1. The van der Waals surface area contributed by atoms with E-state index in [0.29, 0.717) is 32.1 Å². The molecule has 1 aromatic rings.